The lowest BCUT2D eigenvalue weighted by Crippen LogP contribution is -2.17. The molecule has 0 radical (unpaired) electrons. The Balaban J connectivity index is 2.34. The third kappa shape index (κ3) is 3.79. The zero-order chi connectivity index (χ0) is 17.2. The number of anilines is 1. The van der Waals surface area contributed by atoms with Crippen LogP contribution in [0.25, 0.3) is 0 Å². The molecule has 0 spiro atoms. The molecule has 0 fully saturated rings. The summed E-state index contributed by atoms with van der Waals surface area (Å²) in [5.74, 6) is -1.58. The van der Waals surface area contributed by atoms with E-state index in [1.807, 2.05) is 0 Å². The van der Waals surface area contributed by atoms with Crippen molar-refractivity contribution in [2.75, 3.05) is 12.4 Å². The van der Waals surface area contributed by atoms with Crippen LogP contribution in [0.2, 0.25) is 5.02 Å². The van der Waals surface area contributed by atoms with Crippen molar-refractivity contribution in [3.63, 3.8) is 0 Å². The highest BCUT2D eigenvalue weighted by atomic mass is 35.5. The summed E-state index contributed by atoms with van der Waals surface area (Å²) in [6.45, 7) is 0. The van der Waals surface area contributed by atoms with Crippen molar-refractivity contribution in [1.82, 2.24) is 0 Å². The third-order valence-electron chi connectivity index (χ3n) is 2.93. The Bertz CT molecular complexity index is 871. The van der Waals surface area contributed by atoms with Gasteiger partial charge < -0.3 is 10.1 Å². The number of methoxy groups -OCH3 is 1. The Kier molecular flexibility index (Phi) is 4.88. The Hall–Kier alpha value is -2.16. The summed E-state index contributed by atoms with van der Waals surface area (Å²) in [6, 6.07) is 7.43. The van der Waals surface area contributed by atoms with Crippen LogP contribution in [0.4, 0.5) is 10.1 Å². The van der Waals surface area contributed by atoms with E-state index < -0.39 is 26.6 Å². The van der Waals surface area contributed by atoms with Crippen LogP contribution in [0.15, 0.2) is 41.3 Å². The van der Waals surface area contributed by atoms with E-state index in [1.165, 1.54) is 13.2 Å². The zero-order valence-corrected chi connectivity index (χ0v) is 13.4. The molecule has 2 rings (SSSR count). The fourth-order valence-electron chi connectivity index (χ4n) is 1.86. The predicted molar refractivity (Wildman–Crippen MR) is 83.7 cm³/mol. The first kappa shape index (κ1) is 17.2. The van der Waals surface area contributed by atoms with Crippen LogP contribution >= 0.6 is 11.6 Å². The average Bonchev–Trinajstić information content (AvgIpc) is 2.46. The van der Waals surface area contributed by atoms with Crippen LogP contribution in [0, 0.1) is 5.82 Å². The van der Waals surface area contributed by atoms with Gasteiger partial charge in [0.1, 0.15) is 5.82 Å². The van der Waals surface area contributed by atoms with Crippen LogP contribution < -0.4 is 15.2 Å². The molecule has 23 heavy (non-hydrogen) atoms. The SMILES string of the molecule is COc1c(Cl)cccc1NC(=O)c1ccc(S(N)(=O)=O)cc1F. The summed E-state index contributed by atoms with van der Waals surface area (Å²) < 4.78 is 41.3. The second-order valence-corrected chi connectivity index (χ2v) is 6.43. The molecule has 0 heterocycles. The number of ether oxygens (including phenoxy) is 1. The third-order valence-corrected chi connectivity index (χ3v) is 4.14. The number of carbonyl (C=O) groups is 1. The highest BCUT2D eigenvalue weighted by Gasteiger charge is 2.18. The Morgan fingerprint density at radius 2 is 2.00 bits per heavy atom. The number of para-hydroxylation sites is 1. The summed E-state index contributed by atoms with van der Waals surface area (Å²) in [5.41, 5.74) is -0.0978. The van der Waals surface area contributed by atoms with Gasteiger partial charge in [-0.3, -0.25) is 4.79 Å². The Morgan fingerprint density at radius 1 is 1.30 bits per heavy atom. The molecule has 1 amide bonds. The number of sulfonamides is 1. The number of primary sulfonamides is 1. The van der Waals surface area contributed by atoms with E-state index in [2.05, 4.69) is 5.32 Å². The second-order valence-electron chi connectivity index (χ2n) is 4.46. The molecule has 9 heteroatoms. The lowest BCUT2D eigenvalue weighted by Gasteiger charge is -2.12. The molecular formula is C14H12ClFN2O4S. The van der Waals surface area contributed by atoms with E-state index in [0.29, 0.717) is 6.07 Å². The molecule has 0 unspecified atom stereocenters. The van der Waals surface area contributed by atoms with Crippen molar-refractivity contribution in [3.8, 4) is 5.75 Å². The number of hydrogen-bond acceptors (Lipinski definition) is 4. The maximum Gasteiger partial charge on any atom is 0.258 e. The van der Waals surface area contributed by atoms with Gasteiger partial charge in [0.05, 0.1) is 28.3 Å². The smallest absolute Gasteiger partial charge is 0.258 e. The van der Waals surface area contributed by atoms with Crippen molar-refractivity contribution in [2.45, 2.75) is 4.90 Å². The van der Waals surface area contributed by atoms with Gasteiger partial charge >= 0.3 is 0 Å². The van der Waals surface area contributed by atoms with Crippen LogP contribution in [-0.4, -0.2) is 21.4 Å². The van der Waals surface area contributed by atoms with Crippen molar-refractivity contribution < 1.29 is 22.3 Å². The first-order valence-electron chi connectivity index (χ1n) is 6.20. The molecule has 0 bridgehead atoms. The molecule has 0 aromatic heterocycles. The van der Waals surface area contributed by atoms with Crippen LogP contribution in [0.3, 0.4) is 0 Å². The molecule has 6 nitrogen and oxygen atoms in total. The predicted octanol–water partition coefficient (Wildman–Crippen LogP) is 2.39. The molecule has 2 aromatic carbocycles. The summed E-state index contributed by atoms with van der Waals surface area (Å²) in [6.07, 6.45) is 0. The number of amides is 1. The molecule has 3 N–H and O–H groups in total. The molecule has 0 aliphatic rings. The fourth-order valence-corrected chi connectivity index (χ4v) is 2.64. The van der Waals surface area contributed by atoms with E-state index in [-0.39, 0.29) is 22.0 Å². The lowest BCUT2D eigenvalue weighted by molar-refractivity contribution is 0.102. The van der Waals surface area contributed by atoms with Gasteiger partial charge in [-0.1, -0.05) is 17.7 Å². The van der Waals surface area contributed by atoms with Gasteiger partial charge in [-0.25, -0.2) is 17.9 Å². The molecule has 2 aromatic rings. The van der Waals surface area contributed by atoms with Crippen LogP contribution in [-0.2, 0) is 10.0 Å². The van der Waals surface area contributed by atoms with E-state index in [1.54, 1.807) is 12.1 Å². The Morgan fingerprint density at radius 3 is 2.57 bits per heavy atom. The number of nitrogens with two attached hydrogens (primary N) is 1. The summed E-state index contributed by atoms with van der Waals surface area (Å²) in [5, 5.41) is 7.63. The van der Waals surface area contributed by atoms with Gasteiger partial charge in [0.15, 0.2) is 5.75 Å². The maximum absolute atomic E-state index is 14.0. The lowest BCUT2D eigenvalue weighted by atomic mass is 10.2. The molecule has 0 atom stereocenters. The topological polar surface area (TPSA) is 98.5 Å². The molecule has 0 aliphatic carbocycles. The molecule has 122 valence electrons. The number of nitrogens with one attached hydrogen (secondary N) is 1. The largest absolute Gasteiger partial charge is 0.493 e. The van der Waals surface area contributed by atoms with E-state index in [4.69, 9.17) is 21.5 Å². The van der Waals surface area contributed by atoms with Gasteiger partial charge in [0, 0.05) is 0 Å². The van der Waals surface area contributed by atoms with Crippen molar-refractivity contribution in [1.29, 1.82) is 0 Å². The highest BCUT2D eigenvalue weighted by Crippen LogP contribution is 2.32. The van der Waals surface area contributed by atoms with Gasteiger partial charge in [-0.15, -0.1) is 0 Å². The molecular weight excluding hydrogens is 347 g/mol. The quantitative estimate of drug-likeness (QED) is 0.876. The molecule has 0 saturated heterocycles. The van der Waals surface area contributed by atoms with E-state index in [9.17, 15) is 17.6 Å². The van der Waals surface area contributed by atoms with Crippen molar-refractivity contribution in [3.05, 3.63) is 52.8 Å². The van der Waals surface area contributed by atoms with Crippen molar-refractivity contribution >= 4 is 33.2 Å². The number of carbonyl (C=O) groups excluding carboxylic acids is 1. The van der Waals surface area contributed by atoms with Gasteiger partial charge in [0.2, 0.25) is 10.0 Å². The molecule has 0 saturated carbocycles. The fraction of sp³-hybridized carbons (Fsp3) is 0.0714. The minimum absolute atomic E-state index is 0.226. The van der Waals surface area contributed by atoms with Crippen LogP contribution in [0.1, 0.15) is 10.4 Å². The number of rotatable bonds is 4. The van der Waals surface area contributed by atoms with E-state index in [0.717, 1.165) is 12.1 Å². The normalized spacial score (nSPS) is 11.1. The minimum Gasteiger partial charge on any atom is -0.493 e. The highest BCUT2D eigenvalue weighted by molar-refractivity contribution is 7.89. The summed E-state index contributed by atoms with van der Waals surface area (Å²) >= 11 is 5.93. The Labute approximate surface area is 137 Å². The second kappa shape index (κ2) is 6.53. The summed E-state index contributed by atoms with van der Waals surface area (Å²) in [7, 11) is -2.68. The number of hydrogen-bond donors (Lipinski definition) is 2. The standard InChI is InChI=1S/C14H12ClFN2O4S/c1-22-13-10(15)3-2-4-12(13)18-14(19)9-6-5-8(7-11(9)16)23(17,20)21/h2-7H,1H3,(H,18,19)(H2,17,20,21). The number of halogens is 2. The first-order chi connectivity index (χ1) is 10.7. The summed E-state index contributed by atoms with van der Waals surface area (Å²) in [4.78, 5) is 11.7. The van der Waals surface area contributed by atoms with E-state index >= 15 is 0 Å². The number of benzene rings is 2. The first-order valence-corrected chi connectivity index (χ1v) is 8.12. The molecule has 0 aliphatic heterocycles. The van der Waals surface area contributed by atoms with Crippen LogP contribution in [0.5, 0.6) is 5.75 Å². The monoisotopic (exact) mass is 358 g/mol. The van der Waals surface area contributed by atoms with Crippen molar-refractivity contribution in [2.24, 2.45) is 5.14 Å². The zero-order valence-electron chi connectivity index (χ0n) is 11.8. The van der Waals surface area contributed by atoms with Gasteiger partial charge in [0.25, 0.3) is 5.91 Å². The van der Waals surface area contributed by atoms with Gasteiger partial charge in [-0.2, -0.15) is 0 Å². The maximum atomic E-state index is 14.0. The average molecular weight is 359 g/mol. The van der Waals surface area contributed by atoms with Gasteiger partial charge in [-0.05, 0) is 30.3 Å². The minimum atomic E-state index is -4.05.